The van der Waals surface area contributed by atoms with Gasteiger partial charge in [0.25, 0.3) is 0 Å². The molecule has 5 heteroatoms. The van der Waals surface area contributed by atoms with Crippen LogP contribution in [0.1, 0.15) is 5.56 Å². The summed E-state index contributed by atoms with van der Waals surface area (Å²) in [4.78, 5) is 4.23. The van der Waals surface area contributed by atoms with Crippen LogP contribution in [0.4, 0.5) is 0 Å². The van der Waals surface area contributed by atoms with Crippen molar-refractivity contribution in [3.05, 3.63) is 40.4 Å². The zero-order valence-electron chi connectivity index (χ0n) is 8.64. The summed E-state index contributed by atoms with van der Waals surface area (Å²) in [6.45, 7) is 2.30. The Morgan fingerprint density at radius 2 is 2.12 bits per heavy atom. The maximum atomic E-state index is 12.2. The molecule has 0 saturated carbocycles. The number of hydrogen-bond acceptors (Lipinski definition) is 3. The predicted molar refractivity (Wildman–Crippen MR) is 67.5 cm³/mol. The molecule has 0 radical (unpaired) electrons. The van der Waals surface area contributed by atoms with E-state index in [1.807, 2.05) is 13.0 Å². The molecule has 0 fully saturated rings. The molecule has 1 aliphatic rings. The fourth-order valence-corrected chi connectivity index (χ4v) is 3.75. The molecule has 0 amide bonds. The van der Waals surface area contributed by atoms with Gasteiger partial charge in [0.05, 0.1) is 11.4 Å². The topological polar surface area (TPSA) is 46.5 Å². The fourth-order valence-electron chi connectivity index (χ4n) is 1.45. The monoisotopic (exact) mass is 299 g/mol. The lowest BCUT2D eigenvalue weighted by Gasteiger charge is -2.06. The van der Waals surface area contributed by atoms with Crippen LogP contribution in [0, 0.1) is 6.92 Å². The molecule has 3 nitrogen and oxygen atoms in total. The number of sulfone groups is 1. The van der Waals surface area contributed by atoms with E-state index in [1.165, 1.54) is 0 Å². The van der Waals surface area contributed by atoms with Crippen molar-refractivity contribution in [2.45, 2.75) is 11.8 Å². The highest BCUT2D eigenvalue weighted by atomic mass is 79.9. The zero-order chi connectivity index (χ0) is 11.8. The van der Waals surface area contributed by atoms with Crippen molar-refractivity contribution in [2.75, 3.05) is 6.54 Å². The Kier molecular flexibility index (Phi) is 2.99. The molecule has 2 rings (SSSR count). The number of benzene rings is 1. The average molecular weight is 300 g/mol. The molecule has 0 N–H and O–H groups in total. The summed E-state index contributed by atoms with van der Waals surface area (Å²) in [7, 11) is -3.48. The second-order valence-corrected chi connectivity index (χ2v) is 6.24. The van der Waals surface area contributed by atoms with Crippen LogP contribution in [-0.4, -0.2) is 20.0 Å². The second-order valence-electron chi connectivity index (χ2n) is 3.52. The first kappa shape index (κ1) is 11.5. The van der Waals surface area contributed by atoms with Crippen molar-refractivity contribution >= 4 is 30.8 Å². The Morgan fingerprint density at radius 3 is 2.75 bits per heavy atom. The van der Waals surface area contributed by atoms with Crippen molar-refractivity contribution < 1.29 is 8.42 Å². The minimum absolute atomic E-state index is 0.138. The summed E-state index contributed by atoms with van der Waals surface area (Å²) < 4.78 is 25.0. The van der Waals surface area contributed by atoms with Gasteiger partial charge in [0.15, 0.2) is 5.04 Å². The molecule has 1 aromatic carbocycles. The Morgan fingerprint density at radius 1 is 1.38 bits per heavy atom. The van der Waals surface area contributed by atoms with Gasteiger partial charge in [0.2, 0.25) is 9.84 Å². The van der Waals surface area contributed by atoms with E-state index in [0.29, 0.717) is 11.0 Å². The largest absolute Gasteiger partial charge is 0.269 e. The van der Waals surface area contributed by atoms with Crippen molar-refractivity contribution in [1.82, 2.24) is 0 Å². The second kappa shape index (κ2) is 4.14. The lowest BCUT2D eigenvalue weighted by Crippen LogP contribution is -2.12. The van der Waals surface area contributed by atoms with E-state index in [0.717, 1.165) is 5.56 Å². The standard InChI is InChI=1S/C11H10BrNO2S/c1-8-4-5-9(12)10(7-8)16(14,15)11-3-2-6-13-11/h2-5,7H,6H2,1H3. The van der Waals surface area contributed by atoms with Crippen LogP contribution < -0.4 is 0 Å². The van der Waals surface area contributed by atoms with E-state index in [4.69, 9.17) is 0 Å². The van der Waals surface area contributed by atoms with Gasteiger partial charge in [-0.05, 0) is 46.6 Å². The molecular weight excluding hydrogens is 290 g/mol. The number of aryl methyl sites for hydroxylation is 1. The Labute approximate surface area is 103 Å². The van der Waals surface area contributed by atoms with E-state index in [-0.39, 0.29) is 9.94 Å². The molecule has 1 heterocycles. The van der Waals surface area contributed by atoms with Crippen LogP contribution in [0.15, 0.2) is 44.7 Å². The molecular formula is C11H10BrNO2S. The minimum Gasteiger partial charge on any atom is -0.269 e. The minimum atomic E-state index is -3.48. The van der Waals surface area contributed by atoms with Crippen LogP contribution in [0.25, 0.3) is 0 Å². The van der Waals surface area contributed by atoms with E-state index in [1.54, 1.807) is 24.3 Å². The van der Waals surface area contributed by atoms with E-state index < -0.39 is 9.84 Å². The first-order valence-electron chi connectivity index (χ1n) is 4.74. The van der Waals surface area contributed by atoms with E-state index >= 15 is 0 Å². The molecule has 16 heavy (non-hydrogen) atoms. The fraction of sp³-hybridized carbons (Fsp3) is 0.182. The lowest BCUT2D eigenvalue weighted by atomic mass is 10.2. The number of nitrogens with zero attached hydrogens (tertiary/aromatic N) is 1. The smallest absolute Gasteiger partial charge is 0.224 e. The summed E-state index contributed by atoms with van der Waals surface area (Å²) in [6, 6.07) is 5.24. The number of halogens is 1. The van der Waals surface area contributed by atoms with Gasteiger partial charge in [-0.15, -0.1) is 0 Å². The third-order valence-electron chi connectivity index (χ3n) is 2.26. The highest BCUT2D eigenvalue weighted by Crippen LogP contribution is 2.25. The maximum absolute atomic E-state index is 12.2. The summed E-state index contributed by atoms with van der Waals surface area (Å²) in [5.74, 6) is 0. The van der Waals surface area contributed by atoms with Crippen molar-refractivity contribution in [1.29, 1.82) is 0 Å². The summed E-state index contributed by atoms with van der Waals surface area (Å²) in [5.41, 5.74) is 0.907. The van der Waals surface area contributed by atoms with Gasteiger partial charge in [-0.1, -0.05) is 12.1 Å². The molecule has 0 spiro atoms. The van der Waals surface area contributed by atoms with Crippen LogP contribution in [0.5, 0.6) is 0 Å². The molecule has 0 aliphatic carbocycles. The van der Waals surface area contributed by atoms with Gasteiger partial charge in [-0.3, -0.25) is 4.99 Å². The highest BCUT2D eigenvalue weighted by molar-refractivity contribution is 9.10. The molecule has 84 valence electrons. The predicted octanol–water partition coefficient (Wildman–Crippen LogP) is 2.50. The van der Waals surface area contributed by atoms with Gasteiger partial charge in [0, 0.05) is 4.47 Å². The highest BCUT2D eigenvalue weighted by Gasteiger charge is 2.24. The summed E-state index contributed by atoms with van der Waals surface area (Å²) in [5, 5.41) is 0.138. The van der Waals surface area contributed by atoms with Gasteiger partial charge in [-0.2, -0.15) is 0 Å². The summed E-state index contributed by atoms with van der Waals surface area (Å²) >= 11 is 3.26. The molecule has 1 aromatic rings. The van der Waals surface area contributed by atoms with Crippen molar-refractivity contribution in [2.24, 2.45) is 4.99 Å². The average Bonchev–Trinajstić information content (AvgIpc) is 2.75. The van der Waals surface area contributed by atoms with Gasteiger partial charge in [-0.25, -0.2) is 8.42 Å². The lowest BCUT2D eigenvalue weighted by molar-refractivity contribution is 0.607. The van der Waals surface area contributed by atoms with E-state index in [2.05, 4.69) is 20.9 Å². The number of hydrogen-bond donors (Lipinski definition) is 0. The number of rotatable bonds is 1. The molecule has 1 aliphatic heterocycles. The molecule has 0 saturated heterocycles. The summed E-state index contributed by atoms with van der Waals surface area (Å²) in [6.07, 6.45) is 3.28. The van der Waals surface area contributed by atoms with Gasteiger partial charge < -0.3 is 0 Å². The Balaban J connectivity index is 2.59. The van der Waals surface area contributed by atoms with Gasteiger partial charge >= 0.3 is 0 Å². The Hall–Kier alpha value is -0.940. The van der Waals surface area contributed by atoms with Gasteiger partial charge in [0.1, 0.15) is 0 Å². The molecule has 0 aromatic heterocycles. The van der Waals surface area contributed by atoms with E-state index in [9.17, 15) is 8.42 Å². The first-order valence-corrected chi connectivity index (χ1v) is 7.01. The SMILES string of the molecule is Cc1ccc(Br)c(S(=O)(=O)C2=NCC=C2)c1. The van der Waals surface area contributed by atoms with Crippen LogP contribution in [-0.2, 0) is 9.84 Å². The van der Waals surface area contributed by atoms with Crippen LogP contribution in [0.2, 0.25) is 0 Å². The Bertz CT molecular complexity index is 588. The third kappa shape index (κ3) is 1.97. The first-order chi connectivity index (χ1) is 7.51. The van der Waals surface area contributed by atoms with Crippen molar-refractivity contribution in [3.63, 3.8) is 0 Å². The molecule has 0 atom stereocenters. The third-order valence-corrected chi connectivity index (χ3v) is 4.95. The number of aliphatic imine (C=N–C) groups is 1. The molecule has 0 bridgehead atoms. The normalized spacial score (nSPS) is 15.2. The van der Waals surface area contributed by atoms with Crippen LogP contribution >= 0.6 is 15.9 Å². The van der Waals surface area contributed by atoms with Crippen molar-refractivity contribution in [3.8, 4) is 0 Å². The zero-order valence-corrected chi connectivity index (χ0v) is 11.0. The van der Waals surface area contributed by atoms with Crippen LogP contribution in [0.3, 0.4) is 0 Å². The quantitative estimate of drug-likeness (QED) is 0.800. The maximum Gasteiger partial charge on any atom is 0.224 e. The molecule has 0 unspecified atom stereocenters.